The second-order valence-corrected chi connectivity index (χ2v) is 5.62. The molecular weight excluding hydrogens is 425 g/mol. The molecule has 0 aliphatic rings. The molecule has 1 aromatic carbocycles. The Kier molecular flexibility index (Phi) is 10.6. The number of guanidine groups is 1. The van der Waals surface area contributed by atoms with E-state index in [-0.39, 0.29) is 30.0 Å². The molecule has 1 heterocycles. The van der Waals surface area contributed by atoms with Crippen molar-refractivity contribution in [3.63, 3.8) is 0 Å². The first-order chi connectivity index (χ1) is 11.8. The van der Waals surface area contributed by atoms with E-state index in [1.807, 2.05) is 24.3 Å². The number of anilines is 1. The van der Waals surface area contributed by atoms with Crippen molar-refractivity contribution in [2.75, 3.05) is 25.5 Å². The maximum atomic E-state index is 4.29. The van der Waals surface area contributed by atoms with Gasteiger partial charge in [-0.15, -0.1) is 24.0 Å². The lowest BCUT2D eigenvalue weighted by Gasteiger charge is -2.18. The number of aromatic nitrogens is 1. The van der Waals surface area contributed by atoms with Crippen LogP contribution in [0.4, 0.5) is 5.82 Å². The van der Waals surface area contributed by atoms with E-state index in [0.717, 1.165) is 37.7 Å². The van der Waals surface area contributed by atoms with Gasteiger partial charge in [0.15, 0.2) is 5.96 Å². The molecule has 1 atom stereocenters. The Morgan fingerprint density at radius 2 is 1.76 bits per heavy atom. The van der Waals surface area contributed by atoms with Gasteiger partial charge in [0.2, 0.25) is 0 Å². The van der Waals surface area contributed by atoms with E-state index in [2.05, 4.69) is 57.1 Å². The minimum absolute atomic E-state index is 0. The topological polar surface area (TPSA) is 61.3 Å². The first-order valence-corrected chi connectivity index (χ1v) is 8.46. The summed E-state index contributed by atoms with van der Waals surface area (Å²) in [6.45, 7) is 3.95. The van der Waals surface area contributed by atoms with Gasteiger partial charge in [0.1, 0.15) is 5.82 Å². The maximum Gasteiger partial charge on any atom is 0.191 e. The van der Waals surface area contributed by atoms with Crippen molar-refractivity contribution in [1.82, 2.24) is 15.6 Å². The fraction of sp³-hybridized carbons (Fsp3) is 0.368. The summed E-state index contributed by atoms with van der Waals surface area (Å²) in [6, 6.07) is 16.5. The van der Waals surface area contributed by atoms with Crippen molar-refractivity contribution in [1.29, 1.82) is 0 Å². The number of aliphatic imine (C=N–C) groups is 1. The highest BCUT2D eigenvalue weighted by Gasteiger charge is 2.06. The van der Waals surface area contributed by atoms with Crippen molar-refractivity contribution in [2.45, 2.75) is 25.8 Å². The van der Waals surface area contributed by atoms with Crippen LogP contribution in [0, 0.1) is 0 Å². The number of pyridine rings is 1. The molecule has 2 aromatic rings. The molecule has 0 aliphatic carbocycles. The number of benzene rings is 1. The van der Waals surface area contributed by atoms with E-state index >= 15 is 0 Å². The van der Waals surface area contributed by atoms with Gasteiger partial charge < -0.3 is 16.0 Å². The second kappa shape index (κ2) is 12.5. The lowest BCUT2D eigenvalue weighted by Crippen LogP contribution is -2.39. The third kappa shape index (κ3) is 8.20. The third-order valence-corrected chi connectivity index (χ3v) is 3.74. The Labute approximate surface area is 167 Å². The van der Waals surface area contributed by atoms with Crippen LogP contribution in [0.2, 0.25) is 0 Å². The van der Waals surface area contributed by atoms with E-state index < -0.39 is 0 Å². The minimum atomic E-state index is 0. The Bertz CT molecular complexity index is 604. The highest BCUT2D eigenvalue weighted by molar-refractivity contribution is 14.0. The van der Waals surface area contributed by atoms with Crippen molar-refractivity contribution >= 4 is 35.8 Å². The summed E-state index contributed by atoms with van der Waals surface area (Å²) in [4.78, 5) is 8.53. The first-order valence-electron chi connectivity index (χ1n) is 8.46. The zero-order valence-electron chi connectivity index (χ0n) is 14.9. The van der Waals surface area contributed by atoms with E-state index in [9.17, 15) is 0 Å². The van der Waals surface area contributed by atoms with Crippen molar-refractivity contribution in [3.8, 4) is 0 Å². The molecule has 0 aliphatic heterocycles. The van der Waals surface area contributed by atoms with Gasteiger partial charge in [-0.1, -0.05) is 36.4 Å². The van der Waals surface area contributed by atoms with Gasteiger partial charge in [-0.3, -0.25) is 4.99 Å². The number of hydrogen-bond acceptors (Lipinski definition) is 3. The first kappa shape index (κ1) is 21.2. The molecular formula is C19H28IN5. The summed E-state index contributed by atoms with van der Waals surface area (Å²) in [5.41, 5.74) is 1.25. The quantitative estimate of drug-likeness (QED) is 0.246. The Hall–Kier alpha value is -1.83. The summed E-state index contributed by atoms with van der Waals surface area (Å²) < 4.78 is 0. The Morgan fingerprint density at radius 1 is 1.04 bits per heavy atom. The van der Waals surface area contributed by atoms with Crippen molar-refractivity contribution in [3.05, 3.63) is 60.3 Å². The summed E-state index contributed by atoms with van der Waals surface area (Å²) in [7, 11) is 1.80. The largest absolute Gasteiger partial charge is 0.370 e. The molecule has 1 aromatic heterocycles. The van der Waals surface area contributed by atoms with Crippen molar-refractivity contribution < 1.29 is 0 Å². The number of hydrogen-bond donors (Lipinski definition) is 3. The summed E-state index contributed by atoms with van der Waals surface area (Å²) in [6.07, 6.45) is 3.95. The number of rotatable bonds is 8. The van der Waals surface area contributed by atoms with Gasteiger partial charge >= 0.3 is 0 Å². The molecule has 6 heteroatoms. The monoisotopic (exact) mass is 453 g/mol. The molecule has 3 N–H and O–H groups in total. The molecule has 0 saturated heterocycles. The lowest BCUT2D eigenvalue weighted by atomic mass is 10.1. The number of halogens is 1. The lowest BCUT2D eigenvalue weighted by molar-refractivity contribution is 0.666. The standard InChI is InChI=1S/C19H27N5.HI/c1-16(17-10-4-3-5-11-17)24-19(20-2)23-15-9-8-14-22-18-12-6-7-13-21-18;/h3-7,10-13,16H,8-9,14-15H2,1-2H3,(H,21,22)(H2,20,23,24);1H. The fourth-order valence-electron chi connectivity index (χ4n) is 2.37. The molecule has 0 amide bonds. The molecule has 0 spiro atoms. The second-order valence-electron chi connectivity index (χ2n) is 5.62. The molecule has 25 heavy (non-hydrogen) atoms. The molecule has 5 nitrogen and oxygen atoms in total. The Balaban J connectivity index is 0.00000312. The maximum absolute atomic E-state index is 4.29. The summed E-state index contributed by atoms with van der Waals surface area (Å²) in [5, 5.41) is 10.1. The van der Waals surface area contributed by atoms with Crippen LogP contribution < -0.4 is 16.0 Å². The molecule has 1 unspecified atom stereocenters. The van der Waals surface area contributed by atoms with Crippen LogP contribution in [-0.4, -0.2) is 31.1 Å². The highest BCUT2D eigenvalue weighted by atomic mass is 127. The van der Waals surface area contributed by atoms with Crippen LogP contribution in [0.5, 0.6) is 0 Å². The third-order valence-electron chi connectivity index (χ3n) is 3.74. The fourth-order valence-corrected chi connectivity index (χ4v) is 2.37. The van der Waals surface area contributed by atoms with Gasteiger partial charge in [-0.25, -0.2) is 4.98 Å². The molecule has 0 fully saturated rings. The van der Waals surface area contributed by atoms with Gasteiger partial charge in [0.05, 0.1) is 6.04 Å². The zero-order valence-corrected chi connectivity index (χ0v) is 17.2. The number of nitrogens with one attached hydrogen (secondary N) is 3. The van der Waals surface area contributed by atoms with Crippen LogP contribution in [0.25, 0.3) is 0 Å². The van der Waals surface area contributed by atoms with Gasteiger partial charge in [-0.2, -0.15) is 0 Å². The van der Waals surface area contributed by atoms with E-state index in [1.54, 1.807) is 13.2 Å². The minimum Gasteiger partial charge on any atom is -0.370 e. The van der Waals surface area contributed by atoms with E-state index in [0.29, 0.717) is 0 Å². The SMILES string of the molecule is CN=C(NCCCCNc1ccccn1)NC(C)c1ccccc1.I. The van der Waals surface area contributed by atoms with E-state index in [4.69, 9.17) is 0 Å². The zero-order chi connectivity index (χ0) is 17.0. The van der Waals surface area contributed by atoms with Crippen LogP contribution >= 0.6 is 24.0 Å². The van der Waals surface area contributed by atoms with Crippen LogP contribution in [0.1, 0.15) is 31.4 Å². The van der Waals surface area contributed by atoms with E-state index in [1.165, 1.54) is 5.56 Å². The van der Waals surface area contributed by atoms with Crippen LogP contribution in [0.3, 0.4) is 0 Å². The molecule has 0 saturated carbocycles. The predicted octanol–water partition coefficient (Wildman–Crippen LogP) is 3.82. The van der Waals surface area contributed by atoms with Crippen LogP contribution in [-0.2, 0) is 0 Å². The van der Waals surface area contributed by atoms with Gasteiger partial charge in [-0.05, 0) is 37.5 Å². The summed E-state index contributed by atoms with van der Waals surface area (Å²) in [5.74, 6) is 1.77. The molecule has 0 bridgehead atoms. The predicted molar refractivity (Wildman–Crippen MR) is 117 cm³/mol. The average molecular weight is 453 g/mol. The normalized spacial score (nSPS) is 12.0. The summed E-state index contributed by atoms with van der Waals surface area (Å²) >= 11 is 0. The average Bonchev–Trinajstić information content (AvgIpc) is 2.65. The van der Waals surface area contributed by atoms with Gasteiger partial charge in [0, 0.05) is 26.3 Å². The Morgan fingerprint density at radius 3 is 2.44 bits per heavy atom. The molecule has 0 radical (unpaired) electrons. The number of nitrogens with zero attached hydrogens (tertiary/aromatic N) is 2. The highest BCUT2D eigenvalue weighted by Crippen LogP contribution is 2.10. The molecule has 136 valence electrons. The smallest absolute Gasteiger partial charge is 0.191 e. The van der Waals surface area contributed by atoms with Crippen LogP contribution in [0.15, 0.2) is 59.7 Å². The molecule has 2 rings (SSSR count). The number of unbranched alkanes of at least 4 members (excludes halogenated alkanes) is 1. The van der Waals surface area contributed by atoms with Crippen molar-refractivity contribution in [2.24, 2.45) is 4.99 Å². The van der Waals surface area contributed by atoms with Gasteiger partial charge in [0.25, 0.3) is 0 Å².